The van der Waals surface area contributed by atoms with E-state index in [1.54, 1.807) is 49.5 Å². The fourth-order valence-electron chi connectivity index (χ4n) is 2.83. The lowest BCUT2D eigenvalue weighted by Crippen LogP contribution is -3.11. The van der Waals surface area contributed by atoms with E-state index < -0.39 is 0 Å². The molecule has 1 unspecified atom stereocenters. The number of amides is 2. The lowest BCUT2D eigenvalue weighted by molar-refractivity contribution is -0.862. The molecule has 0 radical (unpaired) electrons. The molecule has 154 valence electrons. The van der Waals surface area contributed by atoms with Crippen LogP contribution in [0.15, 0.2) is 48.5 Å². The molecule has 7 heteroatoms. The van der Waals surface area contributed by atoms with Crippen molar-refractivity contribution < 1.29 is 19.3 Å². The Labute approximate surface area is 176 Å². The van der Waals surface area contributed by atoms with Gasteiger partial charge in [0.25, 0.3) is 11.8 Å². The highest BCUT2D eigenvalue weighted by Gasteiger charge is 2.20. The number of quaternary nitrogens is 1. The Morgan fingerprint density at radius 2 is 1.59 bits per heavy atom. The van der Waals surface area contributed by atoms with Crippen molar-refractivity contribution in [1.29, 1.82) is 0 Å². The van der Waals surface area contributed by atoms with E-state index in [0.29, 0.717) is 21.8 Å². The van der Waals surface area contributed by atoms with Gasteiger partial charge in [-0.3, -0.25) is 14.4 Å². The number of halogens is 1. The fourth-order valence-corrected chi connectivity index (χ4v) is 3.00. The van der Waals surface area contributed by atoms with Crippen LogP contribution in [0.4, 0.5) is 5.69 Å². The van der Waals surface area contributed by atoms with E-state index >= 15 is 0 Å². The van der Waals surface area contributed by atoms with E-state index in [1.165, 1.54) is 0 Å². The summed E-state index contributed by atoms with van der Waals surface area (Å²) in [7, 11) is 1.76. The van der Waals surface area contributed by atoms with Gasteiger partial charge in [0.05, 0.1) is 12.7 Å². The Kier molecular flexibility index (Phi) is 7.53. The summed E-state index contributed by atoms with van der Waals surface area (Å²) in [5.41, 5.74) is 0.891. The van der Waals surface area contributed by atoms with Crippen molar-refractivity contribution in [2.24, 2.45) is 0 Å². The van der Waals surface area contributed by atoms with E-state index in [4.69, 9.17) is 11.6 Å². The van der Waals surface area contributed by atoms with E-state index in [1.807, 2.05) is 26.8 Å². The van der Waals surface area contributed by atoms with Gasteiger partial charge in [-0.15, -0.1) is 0 Å². The second-order valence-corrected chi connectivity index (χ2v) is 8.48. The number of anilines is 1. The largest absolute Gasteiger partial charge is 0.347 e. The number of carbonyl (C=O) groups excluding carboxylic acids is 3. The molecule has 6 nitrogen and oxygen atoms in total. The monoisotopic (exact) mass is 416 g/mol. The number of hydrogen-bond donors (Lipinski definition) is 3. The number of benzene rings is 2. The van der Waals surface area contributed by atoms with Crippen LogP contribution < -0.4 is 15.5 Å². The van der Waals surface area contributed by atoms with Crippen LogP contribution in [-0.4, -0.2) is 43.3 Å². The topological polar surface area (TPSA) is 79.7 Å². The van der Waals surface area contributed by atoms with E-state index in [2.05, 4.69) is 10.6 Å². The van der Waals surface area contributed by atoms with Crippen molar-refractivity contribution in [2.45, 2.75) is 26.3 Å². The molecule has 1 atom stereocenters. The molecule has 2 aromatic rings. The normalized spacial score (nSPS) is 12.2. The molecule has 0 saturated heterocycles. The number of hydrogen-bond acceptors (Lipinski definition) is 3. The highest BCUT2D eigenvalue weighted by molar-refractivity contribution is 6.31. The van der Waals surface area contributed by atoms with Crippen LogP contribution >= 0.6 is 11.6 Å². The number of rotatable bonds is 7. The van der Waals surface area contributed by atoms with Gasteiger partial charge in [-0.25, -0.2) is 0 Å². The van der Waals surface area contributed by atoms with Crippen LogP contribution in [-0.2, 0) is 9.59 Å². The number of likely N-dealkylation sites (N-methyl/N-ethyl adjacent to an activating group) is 1. The smallest absolute Gasteiger partial charge is 0.279 e. The average molecular weight is 417 g/mol. The SMILES string of the molecule is C[NH+](CC(=O)Nc1ccc(Cl)cc1C(=O)c1ccccc1)CC(=O)NC(C)(C)C. The zero-order valence-electron chi connectivity index (χ0n) is 17.1. The van der Waals surface area contributed by atoms with Crippen LogP contribution in [0.25, 0.3) is 0 Å². The van der Waals surface area contributed by atoms with Gasteiger partial charge in [0, 0.05) is 21.7 Å². The molecule has 2 rings (SSSR count). The molecule has 0 aliphatic heterocycles. The Morgan fingerprint density at radius 1 is 0.966 bits per heavy atom. The summed E-state index contributed by atoms with van der Waals surface area (Å²) in [5, 5.41) is 6.05. The summed E-state index contributed by atoms with van der Waals surface area (Å²) in [6.07, 6.45) is 0. The molecular weight excluding hydrogens is 390 g/mol. The lowest BCUT2D eigenvalue weighted by Gasteiger charge is -2.21. The van der Waals surface area contributed by atoms with Crippen molar-refractivity contribution in [3.63, 3.8) is 0 Å². The molecule has 0 aromatic heterocycles. The molecule has 2 amide bonds. The van der Waals surface area contributed by atoms with Crippen LogP contribution in [0.2, 0.25) is 5.02 Å². The van der Waals surface area contributed by atoms with Gasteiger partial charge in [-0.2, -0.15) is 0 Å². The van der Waals surface area contributed by atoms with Gasteiger partial charge in [-0.1, -0.05) is 41.9 Å². The van der Waals surface area contributed by atoms with Crippen LogP contribution in [0.3, 0.4) is 0 Å². The maximum Gasteiger partial charge on any atom is 0.279 e. The van der Waals surface area contributed by atoms with Crippen LogP contribution in [0.5, 0.6) is 0 Å². The molecule has 0 fully saturated rings. The zero-order valence-corrected chi connectivity index (χ0v) is 17.9. The molecule has 0 saturated carbocycles. The molecule has 0 aliphatic carbocycles. The standard InChI is InChI=1S/C22H26ClN3O3/c1-22(2,3)25-20(28)14-26(4)13-19(27)24-18-11-10-16(23)12-17(18)21(29)15-8-6-5-7-9-15/h5-12H,13-14H2,1-4H3,(H,24,27)(H,25,28)/p+1. The van der Waals surface area contributed by atoms with Crippen molar-refractivity contribution in [1.82, 2.24) is 5.32 Å². The van der Waals surface area contributed by atoms with Crippen molar-refractivity contribution >= 4 is 34.9 Å². The van der Waals surface area contributed by atoms with E-state index in [-0.39, 0.29) is 36.2 Å². The van der Waals surface area contributed by atoms with Gasteiger partial charge in [-0.05, 0) is 39.0 Å². The summed E-state index contributed by atoms with van der Waals surface area (Å²) in [6, 6.07) is 13.6. The first-order chi connectivity index (χ1) is 13.5. The van der Waals surface area contributed by atoms with Crippen molar-refractivity contribution in [3.8, 4) is 0 Å². The summed E-state index contributed by atoms with van der Waals surface area (Å²) in [6.45, 7) is 5.95. The van der Waals surface area contributed by atoms with Gasteiger partial charge < -0.3 is 15.5 Å². The quantitative estimate of drug-likeness (QED) is 0.603. The molecular formula is C22H27ClN3O3+. The highest BCUT2D eigenvalue weighted by atomic mass is 35.5. The molecule has 3 N–H and O–H groups in total. The minimum atomic E-state index is -0.324. The second kappa shape index (κ2) is 9.67. The van der Waals surface area contributed by atoms with Gasteiger partial charge in [0.15, 0.2) is 18.9 Å². The number of ketones is 1. The molecule has 2 aromatic carbocycles. The third-order valence-corrected chi connectivity index (χ3v) is 4.21. The Hall–Kier alpha value is -2.70. The maximum absolute atomic E-state index is 12.8. The molecule has 0 aliphatic rings. The van der Waals surface area contributed by atoms with Crippen molar-refractivity contribution in [3.05, 3.63) is 64.7 Å². The highest BCUT2D eigenvalue weighted by Crippen LogP contribution is 2.23. The third kappa shape index (κ3) is 7.33. The van der Waals surface area contributed by atoms with E-state index in [9.17, 15) is 14.4 Å². The Morgan fingerprint density at radius 3 is 2.21 bits per heavy atom. The first-order valence-corrected chi connectivity index (χ1v) is 9.74. The first kappa shape index (κ1) is 22.6. The number of nitrogens with one attached hydrogen (secondary N) is 3. The summed E-state index contributed by atoms with van der Waals surface area (Å²) in [4.78, 5) is 38.1. The van der Waals surface area contributed by atoms with E-state index in [0.717, 1.165) is 4.90 Å². The third-order valence-electron chi connectivity index (χ3n) is 3.98. The lowest BCUT2D eigenvalue weighted by atomic mass is 10.0. The summed E-state index contributed by atoms with van der Waals surface area (Å²) < 4.78 is 0. The van der Waals surface area contributed by atoms with Gasteiger partial charge >= 0.3 is 0 Å². The van der Waals surface area contributed by atoms with Crippen LogP contribution in [0, 0.1) is 0 Å². The first-order valence-electron chi connectivity index (χ1n) is 9.36. The zero-order chi connectivity index (χ0) is 21.6. The minimum Gasteiger partial charge on any atom is -0.347 e. The van der Waals surface area contributed by atoms with Crippen LogP contribution in [0.1, 0.15) is 36.7 Å². The fraction of sp³-hybridized carbons (Fsp3) is 0.318. The average Bonchev–Trinajstić information content (AvgIpc) is 2.61. The van der Waals surface area contributed by atoms with Crippen molar-refractivity contribution in [2.75, 3.05) is 25.5 Å². The Bertz CT molecular complexity index is 892. The number of carbonyl (C=O) groups is 3. The molecule has 0 heterocycles. The maximum atomic E-state index is 12.8. The van der Waals surface area contributed by atoms with Gasteiger partial charge in [0.2, 0.25) is 0 Å². The predicted molar refractivity (Wildman–Crippen MR) is 114 cm³/mol. The molecule has 0 spiro atoms. The molecule has 0 bridgehead atoms. The van der Waals surface area contributed by atoms with Gasteiger partial charge in [0.1, 0.15) is 0 Å². The Balaban J connectivity index is 2.07. The molecule has 29 heavy (non-hydrogen) atoms. The predicted octanol–water partition coefficient (Wildman–Crippen LogP) is 1.94. The summed E-state index contributed by atoms with van der Waals surface area (Å²) >= 11 is 6.07. The second-order valence-electron chi connectivity index (χ2n) is 8.04. The summed E-state index contributed by atoms with van der Waals surface area (Å²) in [5.74, 6) is -0.654. The minimum absolute atomic E-state index is 0.0825.